The fraction of sp³-hybridized carbons (Fsp3) is 0.667. The van der Waals surface area contributed by atoms with Gasteiger partial charge in [-0.3, -0.25) is 0 Å². The van der Waals surface area contributed by atoms with Gasteiger partial charge in [-0.25, -0.2) is 4.79 Å². The number of benzene rings is 1. The molecular weight excluding hydrogens is 330 g/mol. The van der Waals surface area contributed by atoms with Gasteiger partial charge in [0, 0.05) is 0 Å². The van der Waals surface area contributed by atoms with E-state index >= 15 is 0 Å². The van der Waals surface area contributed by atoms with Gasteiger partial charge >= 0.3 is 6.09 Å². The molecule has 0 bridgehead atoms. The average Bonchev–Trinajstić information content (AvgIpc) is 2.49. The van der Waals surface area contributed by atoms with Crippen LogP contribution in [0.4, 0.5) is 4.79 Å². The number of nitrogens with one attached hydrogen (secondary N) is 1. The fourth-order valence-electron chi connectivity index (χ4n) is 2.66. The van der Waals surface area contributed by atoms with Crippen LogP contribution in [0.5, 0.6) is 5.75 Å². The molecule has 0 aliphatic heterocycles. The molecule has 0 radical (unpaired) electrons. The van der Waals surface area contributed by atoms with Crippen LogP contribution in [0.3, 0.4) is 0 Å². The number of hydrogen-bond donors (Lipinski definition) is 2. The van der Waals surface area contributed by atoms with Crippen molar-refractivity contribution in [3.63, 3.8) is 0 Å². The molecule has 0 heterocycles. The molecule has 1 aromatic carbocycles. The standard InChI is InChI=1S/C21H35NO4/c1-8-9-15(2)14-25-17-12-10-16(11-13-17)18(21(6,7)24)22-19(23)26-20(3,4)5/h10-13,15,18,24H,8-9,14H2,1-7H3,(H,22,23)/t15?,18-/m1/s1. The molecule has 5 heteroatoms. The summed E-state index contributed by atoms with van der Waals surface area (Å²) in [6.07, 6.45) is 1.73. The highest BCUT2D eigenvalue weighted by atomic mass is 16.6. The highest BCUT2D eigenvalue weighted by Gasteiger charge is 2.31. The monoisotopic (exact) mass is 365 g/mol. The predicted molar refractivity (Wildman–Crippen MR) is 104 cm³/mol. The molecule has 1 aromatic rings. The number of rotatable bonds is 8. The minimum atomic E-state index is -1.14. The zero-order valence-electron chi connectivity index (χ0n) is 17.3. The van der Waals surface area contributed by atoms with E-state index in [-0.39, 0.29) is 0 Å². The molecule has 0 aliphatic rings. The van der Waals surface area contributed by atoms with Crippen LogP contribution in [0.1, 0.15) is 72.9 Å². The second kappa shape index (κ2) is 9.26. The number of amides is 1. The molecule has 148 valence electrons. The van der Waals surface area contributed by atoms with Crippen molar-refractivity contribution in [2.75, 3.05) is 6.61 Å². The summed E-state index contributed by atoms with van der Waals surface area (Å²) >= 11 is 0. The summed E-state index contributed by atoms with van der Waals surface area (Å²) < 4.78 is 11.1. The van der Waals surface area contributed by atoms with E-state index in [9.17, 15) is 9.90 Å². The van der Waals surface area contributed by atoms with E-state index in [1.165, 1.54) is 0 Å². The van der Waals surface area contributed by atoms with Gasteiger partial charge in [0.05, 0.1) is 18.2 Å². The first-order valence-corrected chi connectivity index (χ1v) is 9.37. The van der Waals surface area contributed by atoms with Crippen molar-refractivity contribution in [3.8, 4) is 5.75 Å². The van der Waals surface area contributed by atoms with E-state index in [1.54, 1.807) is 34.6 Å². The van der Waals surface area contributed by atoms with Crippen molar-refractivity contribution in [1.29, 1.82) is 0 Å². The number of ether oxygens (including phenoxy) is 2. The summed E-state index contributed by atoms with van der Waals surface area (Å²) in [4.78, 5) is 12.1. The van der Waals surface area contributed by atoms with Gasteiger partial charge in [0.25, 0.3) is 0 Å². The molecule has 1 unspecified atom stereocenters. The number of carbonyl (C=O) groups excluding carboxylic acids is 1. The Hall–Kier alpha value is -1.75. The van der Waals surface area contributed by atoms with Crippen LogP contribution >= 0.6 is 0 Å². The lowest BCUT2D eigenvalue weighted by atomic mass is 9.92. The zero-order chi connectivity index (χ0) is 20.0. The van der Waals surface area contributed by atoms with Crippen molar-refractivity contribution in [3.05, 3.63) is 29.8 Å². The third-order valence-electron chi connectivity index (χ3n) is 3.90. The van der Waals surface area contributed by atoms with Crippen molar-refractivity contribution in [1.82, 2.24) is 5.32 Å². The largest absolute Gasteiger partial charge is 0.493 e. The lowest BCUT2D eigenvalue weighted by molar-refractivity contribution is 0.0163. The van der Waals surface area contributed by atoms with Crippen LogP contribution in [0.25, 0.3) is 0 Å². The quantitative estimate of drug-likeness (QED) is 0.692. The van der Waals surface area contributed by atoms with Gasteiger partial charge in [-0.2, -0.15) is 0 Å². The molecule has 2 atom stereocenters. The Kier molecular flexibility index (Phi) is 7.94. The molecular formula is C21H35NO4. The lowest BCUT2D eigenvalue weighted by Gasteiger charge is -2.31. The molecule has 0 spiro atoms. The third kappa shape index (κ3) is 8.09. The average molecular weight is 366 g/mol. The predicted octanol–water partition coefficient (Wildman–Crippen LogP) is 4.84. The van der Waals surface area contributed by atoms with E-state index in [0.717, 1.165) is 24.2 Å². The maximum Gasteiger partial charge on any atom is 0.408 e. The topological polar surface area (TPSA) is 67.8 Å². The van der Waals surface area contributed by atoms with Gasteiger partial charge in [0.15, 0.2) is 0 Å². The van der Waals surface area contributed by atoms with Crippen LogP contribution in [0, 0.1) is 5.92 Å². The molecule has 2 N–H and O–H groups in total. The molecule has 0 fully saturated rings. The lowest BCUT2D eigenvalue weighted by Crippen LogP contribution is -2.44. The van der Waals surface area contributed by atoms with E-state index in [1.807, 2.05) is 24.3 Å². The van der Waals surface area contributed by atoms with E-state index < -0.39 is 23.3 Å². The second-order valence-electron chi connectivity index (χ2n) is 8.51. The SMILES string of the molecule is CCCC(C)COc1ccc([C@@H](NC(=O)OC(C)(C)C)C(C)(C)O)cc1. The Labute approximate surface area is 158 Å². The van der Waals surface area contributed by atoms with E-state index in [2.05, 4.69) is 19.2 Å². The van der Waals surface area contributed by atoms with Crippen LogP contribution < -0.4 is 10.1 Å². The van der Waals surface area contributed by atoms with Gasteiger partial charge in [0.1, 0.15) is 11.4 Å². The molecule has 0 saturated heterocycles. The maximum atomic E-state index is 12.1. The molecule has 0 aromatic heterocycles. The normalized spacial score (nSPS) is 14.5. The minimum Gasteiger partial charge on any atom is -0.493 e. The first kappa shape index (κ1) is 22.3. The van der Waals surface area contributed by atoms with Crippen molar-refractivity contribution in [2.45, 2.75) is 78.6 Å². The van der Waals surface area contributed by atoms with Gasteiger partial charge in [-0.05, 0) is 64.7 Å². The second-order valence-corrected chi connectivity index (χ2v) is 8.51. The third-order valence-corrected chi connectivity index (χ3v) is 3.90. The van der Waals surface area contributed by atoms with Gasteiger partial charge < -0.3 is 19.9 Å². The van der Waals surface area contributed by atoms with Gasteiger partial charge in [-0.1, -0.05) is 32.4 Å². The molecule has 1 amide bonds. The van der Waals surface area contributed by atoms with Crippen molar-refractivity contribution in [2.24, 2.45) is 5.92 Å². The summed E-state index contributed by atoms with van der Waals surface area (Å²) in [7, 11) is 0. The van der Waals surface area contributed by atoms with E-state index in [0.29, 0.717) is 12.5 Å². The molecule has 0 aliphatic carbocycles. The summed E-state index contributed by atoms with van der Waals surface area (Å²) in [6.45, 7) is 13.7. The van der Waals surface area contributed by atoms with Crippen molar-refractivity contribution >= 4 is 6.09 Å². The van der Waals surface area contributed by atoms with Crippen LogP contribution in [0.2, 0.25) is 0 Å². The zero-order valence-corrected chi connectivity index (χ0v) is 17.3. The summed E-state index contributed by atoms with van der Waals surface area (Å²) in [6, 6.07) is 6.86. The Balaban J connectivity index is 2.81. The summed E-state index contributed by atoms with van der Waals surface area (Å²) in [5, 5.41) is 13.2. The first-order chi connectivity index (χ1) is 11.9. The van der Waals surface area contributed by atoms with Crippen LogP contribution in [0.15, 0.2) is 24.3 Å². The highest BCUT2D eigenvalue weighted by Crippen LogP contribution is 2.28. The Morgan fingerprint density at radius 2 is 1.73 bits per heavy atom. The molecule has 0 saturated carbocycles. The summed E-state index contributed by atoms with van der Waals surface area (Å²) in [5.74, 6) is 1.29. The number of aliphatic hydroxyl groups is 1. The van der Waals surface area contributed by atoms with Crippen LogP contribution in [-0.4, -0.2) is 29.0 Å². The summed E-state index contributed by atoms with van der Waals surface area (Å²) in [5.41, 5.74) is -0.951. The molecule has 26 heavy (non-hydrogen) atoms. The number of alkyl carbamates (subject to hydrolysis) is 1. The first-order valence-electron chi connectivity index (χ1n) is 9.37. The Bertz CT molecular complexity index is 555. The number of carbonyl (C=O) groups is 1. The molecule has 1 rings (SSSR count). The van der Waals surface area contributed by atoms with Gasteiger partial charge in [0.2, 0.25) is 0 Å². The highest BCUT2D eigenvalue weighted by molar-refractivity contribution is 5.68. The molecule has 5 nitrogen and oxygen atoms in total. The smallest absolute Gasteiger partial charge is 0.408 e. The van der Waals surface area contributed by atoms with E-state index in [4.69, 9.17) is 9.47 Å². The Morgan fingerprint density at radius 1 is 1.15 bits per heavy atom. The van der Waals surface area contributed by atoms with Crippen molar-refractivity contribution < 1.29 is 19.4 Å². The Morgan fingerprint density at radius 3 is 2.19 bits per heavy atom. The van der Waals surface area contributed by atoms with Gasteiger partial charge in [-0.15, -0.1) is 0 Å². The maximum absolute atomic E-state index is 12.1. The minimum absolute atomic E-state index is 0.512. The van der Waals surface area contributed by atoms with Crippen LogP contribution in [-0.2, 0) is 4.74 Å². The number of hydrogen-bond acceptors (Lipinski definition) is 4. The fourth-order valence-corrected chi connectivity index (χ4v) is 2.66.